The maximum atomic E-state index is 12.6. The maximum Gasteiger partial charge on any atom is 0.326 e. The van der Waals surface area contributed by atoms with Crippen molar-refractivity contribution in [3.8, 4) is 0 Å². The third kappa shape index (κ3) is 4.67. The van der Waals surface area contributed by atoms with Gasteiger partial charge in [-0.05, 0) is 30.0 Å². The Balaban J connectivity index is 2.23. The normalized spacial score (nSPS) is 17.2. The molecule has 1 heterocycles. The van der Waals surface area contributed by atoms with Gasteiger partial charge in [0.1, 0.15) is 10.4 Å². The SMILES string of the molecule is CCc1ccc(/C=C2/SC(=S)N([C@@H](CCC(=O)O)C(=O)O)C2=O)cc1. The average molecular weight is 379 g/mol. The largest absolute Gasteiger partial charge is 0.481 e. The topological polar surface area (TPSA) is 94.9 Å². The number of hydrogen-bond acceptors (Lipinski definition) is 5. The number of benzene rings is 1. The lowest BCUT2D eigenvalue weighted by Gasteiger charge is -2.22. The number of thioether (sulfide) groups is 1. The molecule has 2 rings (SSSR count). The first-order chi connectivity index (χ1) is 11.8. The molecule has 1 amide bonds. The standard InChI is InChI=1S/C17H17NO5S2/c1-2-10-3-5-11(6-4-10)9-13-15(21)18(17(24)25-13)12(16(22)23)7-8-14(19)20/h3-6,9,12H,2,7-8H2,1H3,(H,19,20)(H,22,23)/b13-9+/t12-/m0/s1. The second kappa shape index (κ2) is 8.26. The van der Waals surface area contributed by atoms with E-state index in [0.717, 1.165) is 28.6 Å². The van der Waals surface area contributed by atoms with Gasteiger partial charge in [-0.1, -0.05) is 55.2 Å². The zero-order valence-corrected chi connectivity index (χ0v) is 15.1. The van der Waals surface area contributed by atoms with Gasteiger partial charge in [-0.2, -0.15) is 0 Å². The molecule has 1 aromatic carbocycles. The average Bonchev–Trinajstić information content (AvgIpc) is 2.83. The molecule has 1 aromatic rings. The van der Waals surface area contributed by atoms with Gasteiger partial charge in [0.05, 0.1) is 4.91 Å². The van der Waals surface area contributed by atoms with Crippen LogP contribution in [0.15, 0.2) is 29.2 Å². The summed E-state index contributed by atoms with van der Waals surface area (Å²) in [5.74, 6) is -2.90. The van der Waals surface area contributed by atoms with E-state index in [4.69, 9.17) is 17.3 Å². The van der Waals surface area contributed by atoms with Crippen molar-refractivity contribution < 1.29 is 24.6 Å². The minimum atomic E-state index is -1.28. The molecule has 8 heteroatoms. The first-order valence-corrected chi connectivity index (χ1v) is 8.86. The van der Waals surface area contributed by atoms with E-state index in [-0.39, 0.29) is 17.2 Å². The molecule has 1 aliphatic heterocycles. The van der Waals surface area contributed by atoms with Crippen molar-refractivity contribution in [2.75, 3.05) is 0 Å². The molecule has 132 valence electrons. The van der Waals surface area contributed by atoms with Crippen LogP contribution in [0.5, 0.6) is 0 Å². The van der Waals surface area contributed by atoms with Gasteiger partial charge in [0.15, 0.2) is 0 Å². The Bertz CT molecular complexity index is 742. The van der Waals surface area contributed by atoms with Crippen LogP contribution in [0, 0.1) is 0 Å². The van der Waals surface area contributed by atoms with E-state index in [2.05, 4.69) is 0 Å². The highest BCUT2D eigenvalue weighted by Gasteiger charge is 2.40. The summed E-state index contributed by atoms with van der Waals surface area (Å²) in [7, 11) is 0. The van der Waals surface area contributed by atoms with Crippen LogP contribution in [-0.4, -0.2) is 43.3 Å². The molecule has 0 radical (unpaired) electrons. The number of thiocarbonyl (C=S) groups is 1. The highest BCUT2D eigenvalue weighted by atomic mass is 32.2. The Kier molecular flexibility index (Phi) is 6.33. The van der Waals surface area contributed by atoms with Crippen LogP contribution in [0.1, 0.15) is 30.9 Å². The number of carboxylic acids is 2. The van der Waals surface area contributed by atoms with Crippen LogP contribution in [0.25, 0.3) is 6.08 Å². The number of nitrogens with zero attached hydrogens (tertiary/aromatic N) is 1. The summed E-state index contributed by atoms with van der Waals surface area (Å²) in [6.45, 7) is 2.04. The number of carboxylic acid groups (broad SMARTS) is 2. The Hall–Kier alpha value is -2.19. The first kappa shape index (κ1) is 19.1. The summed E-state index contributed by atoms with van der Waals surface area (Å²) in [6, 6.07) is 6.39. The molecule has 1 saturated heterocycles. The molecule has 1 fully saturated rings. The maximum absolute atomic E-state index is 12.6. The minimum absolute atomic E-state index is 0.124. The number of carbonyl (C=O) groups is 3. The van der Waals surface area contributed by atoms with Gasteiger partial charge in [0.2, 0.25) is 0 Å². The third-order valence-corrected chi connectivity index (χ3v) is 5.07. The van der Waals surface area contributed by atoms with Gasteiger partial charge in [-0.3, -0.25) is 14.5 Å². The number of amides is 1. The highest BCUT2D eigenvalue weighted by Crippen LogP contribution is 2.35. The third-order valence-electron chi connectivity index (χ3n) is 3.74. The molecule has 2 N–H and O–H groups in total. The lowest BCUT2D eigenvalue weighted by molar-refractivity contribution is -0.146. The van der Waals surface area contributed by atoms with Crippen molar-refractivity contribution >= 4 is 52.2 Å². The fourth-order valence-electron chi connectivity index (χ4n) is 2.37. The predicted octanol–water partition coefficient (Wildman–Crippen LogP) is 2.77. The van der Waals surface area contributed by atoms with Crippen molar-refractivity contribution in [2.24, 2.45) is 0 Å². The Morgan fingerprint density at radius 3 is 2.44 bits per heavy atom. The van der Waals surface area contributed by atoms with E-state index in [1.54, 1.807) is 6.08 Å². The zero-order valence-electron chi connectivity index (χ0n) is 13.5. The number of aryl methyl sites for hydroxylation is 1. The van der Waals surface area contributed by atoms with Crippen molar-refractivity contribution in [3.05, 3.63) is 40.3 Å². The molecule has 0 bridgehead atoms. The van der Waals surface area contributed by atoms with Crippen molar-refractivity contribution in [3.63, 3.8) is 0 Å². The first-order valence-electron chi connectivity index (χ1n) is 7.64. The summed E-state index contributed by atoms with van der Waals surface area (Å²) in [6.07, 6.45) is 2.02. The van der Waals surface area contributed by atoms with Gasteiger partial charge >= 0.3 is 11.9 Å². The molecule has 0 aliphatic carbocycles. The number of carbonyl (C=O) groups excluding carboxylic acids is 1. The zero-order chi connectivity index (χ0) is 18.6. The fourth-order valence-corrected chi connectivity index (χ4v) is 3.73. The molecule has 6 nitrogen and oxygen atoms in total. The summed E-state index contributed by atoms with van der Waals surface area (Å²) >= 11 is 6.17. The van der Waals surface area contributed by atoms with Crippen LogP contribution in [0.2, 0.25) is 0 Å². The van der Waals surface area contributed by atoms with Gasteiger partial charge in [0, 0.05) is 6.42 Å². The molecule has 0 aromatic heterocycles. The lowest BCUT2D eigenvalue weighted by atomic mass is 10.1. The summed E-state index contributed by atoms with van der Waals surface area (Å²) in [5.41, 5.74) is 1.99. The van der Waals surface area contributed by atoms with E-state index in [1.165, 1.54) is 5.56 Å². The van der Waals surface area contributed by atoms with Crippen molar-refractivity contribution in [1.29, 1.82) is 0 Å². The second-order valence-electron chi connectivity index (χ2n) is 5.43. The Labute approximate surface area is 154 Å². The molecule has 0 spiro atoms. The van der Waals surface area contributed by atoms with Crippen molar-refractivity contribution in [2.45, 2.75) is 32.2 Å². The summed E-state index contributed by atoms with van der Waals surface area (Å²) in [5, 5.41) is 18.1. The summed E-state index contributed by atoms with van der Waals surface area (Å²) in [4.78, 5) is 36.1. The molecule has 0 unspecified atom stereocenters. The Morgan fingerprint density at radius 1 is 1.28 bits per heavy atom. The Morgan fingerprint density at radius 2 is 1.92 bits per heavy atom. The van der Waals surface area contributed by atoms with Crippen molar-refractivity contribution in [1.82, 2.24) is 4.90 Å². The minimum Gasteiger partial charge on any atom is -0.481 e. The van der Waals surface area contributed by atoms with Crippen LogP contribution >= 0.6 is 24.0 Å². The molecule has 1 atom stereocenters. The monoisotopic (exact) mass is 379 g/mol. The molecular formula is C17H17NO5S2. The number of rotatable bonds is 7. The smallest absolute Gasteiger partial charge is 0.326 e. The van der Waals surface area contributed by atoms with E-state index in [9.17, 15) is 19.5 Å². The molecule has 25 heavy (non-hydrogen) atoms. The van der Waals surface area contributed by atoms with Crippen LogP contribution in [0.3, 0.4) is 0 Å². The van der Waals surface area contributed by atoms with Crippen LogP contribution in [-0.2, 0) is 20.8 Å². The van der Waals surface area contributed by atoms with Gasteiger partial charge in [-0.25, -0.2) is 4.79 Å². The lowest BCUT2D eigenvalue weighted by Crippen LogP contribution is -2.44. The van der Waals surface area contributed by atoms with E-state index in [0.29, 0.717) is 4.91 Å². The highest BCUT2D eigenvalue weighted by molar-refractivity contribution is 8.26. The van der Waals surface area contributed by atoms with E-state index in [1.807, 2.05) is 31.2 Å². The predicted molar refractivity (Wildman–Crippen MR) is 99.1 cm³/mol. The number of aliphatic carboxylic acids is 2. The number of hydrogen-bond donors (Lipinski definition) is 2. The van der Waals surface area contributed by atoms with Gasteiger partial charge in [-0.15, -0.1) is 0 Å². The van der Waals surface area contributed by atoms with Gasteiger partial charge < -0.3 is 10.2 Å². The van der Waals surface area contributed by atoms with Crippen LogP contribution < -0.4 is 0 Å². The molecule has 0 saturated carbocycles. The van der Waals surface area contributed by atoms with Gasteiger partial charge in [0.25, 0.3) is 5.91 Å². The molecular weight excluding hydrogens is 362 g/mol. The second-order valence-corrected chi connectivity index (χ2v) is 7.11. The van der Waals surface area contributed by atoms with Crippen LogP contribution in [0.4, 0.5) is 0 Å². The van der Waals surface area contributed by atoms with E-state index >= 15 is 0 Å². The fraction of sp³-hybridized carbons (Fsp3) is 0.294. The molecule has 1 aliphatic rings. The van der Waals surface area contributed by atoms with E-state index < -0.39 is 23.9 Å². The summed E-state index contributed by atoms with van der Waals surface area (Å²) < 4.78 is 0.124. The quantitative estimate of drug-likeness (QED) is 0.555.